The molecule has 0 aromatic carbocycles. The van der Waals surface area contributed by atoms with Crippen LogP contribution < -0.4 is 10.6 Å². The molecule has 0 aliphatic heterocycles. The highest BCUT2D eigenvalue weighted by atomic mass is 16.5. The van der Waals surface area contributed by atoms with Crippen LogP contribution >= 0.6 is 0 Å². The standard InChI is InChI=1S/C13H21NO4.C11H21NO.C7H12O3.C5H8O2/c1-10(6-5-7-11(15)16)12(17)18-9-8-14-13(2,3)4;1-5-7-8-9-11(3,4)12-10(13)6-2;1-6(7(9)10)4-2-3-5-8;1-4(2)5(6)7-3/h5,7,14H,1,6,8-9H2,2-4H3,(H,15,16);6H,2,5,7-9H2,1,3-4H3,(H,12,13);8H,1-5H2,(H,9,10);1H2,2-3H3. The summed E-state index contributed by atoms with van der Waals surface area (Å²) in [5, 5.41) is 31.1. The number of hydrogen-bond acceptors (Lipinski definition) is 9. The maximum atomic E-state index is 11.4. The Morgan fingerprint density at radius 2 is 1.46 bits per heavy atom. The lowest BCUT2D eigenvalue weighted by molar-refractivity contribution is -0.139. The van der Waals surface area contributed by atoms with Crippen molar-refractivity contribution in [3.8, 4) is 0 Å². The van der Waals surface area contributed by atoms with E-state index in [-0.39, 0.29) is 53.7 Å². The molecule has 12 heteroatoms. The Kier molecular flexibility index (Phi) is 32.1. The SMILES string of the molecule is C=C(C)C(=O)OC.C=C(CC=CC(=O)O)C(=O)OCCNC(C)(C)C.C=C(CCCCO)C(=O)O.C=CC(=O)NC(C)(C)CCCCC. The number of carbonyl (C=O) groups excluding carboxylic acids is 3. The first kappa shape index (κ1) is 50.8. The number of hydrogen-bond donors (Lipinski definition) is 5. The van der Waals surface area contributed by atoms with Crippen LogP contribution in [-0.2, 0) is 33.4 Å². The van der Waals surface area contributed by atoms with Crippen molar-refractivity contribution in [2.24, 2.45) is 0 Å². The summed E-state index contributed by atoms with van der Waals surface area (Å²) in [4.78, 5) is 53.0. The minimum atomic E-state index is -1.05. The number of allylic oxidation sites excluding steroid dienone is 1. The molecule has 0 aromatic rings. The lowest BCUT2D eigenvalue weighted by atomic mass is 9.97. The van der Waals surface area contributed by atoms with Crippen LogP contribution in [0.2, 0.25) is 0 Å². The predicted molar refractivity (Wildman–Crippen MR) is 190 cm³/mol. The van der Waals surface area contributed by atoms with Crippen molar-refractivity contribution >= 4 is 29.8 Å². The molecular weight excluding hydrogens is 620 g/mol. The van der Waals surface area contributed by atoms with Crippen molar-refractivity contribution in [3.63, 3.8) is 0 Å². The summed E-state index contributed by atoms with van der Waals surface area (Å²) in [5.41, 5.74) is 0.771. The van der Waals surface area contributed by atoms with Crippen LogP contribution in [0.4, 0.5) is 0 Å². The summed E-state index contributed by atoms with van der Waals surface area (Å²) in [6.45, 7) is 28.5. The first-order valence-corrected chi connectivity index (χ1v) is 15.8. The minimum absolute atomic E-state index is 0.0202. The van der Waals surface area contributed by atoms with Gasteiger partial charge in [-0.3, -0.25) is 4.79 Å². The lowest BCUT2D eigenvalue weighted by Crippen LogP contribution is -2.42. The number of aliphatic carboxylic acids is 2. The van der Waals surface area contributed by atoms with Crippen LogP contribution in [0.5, 0.6) is 0 Å². The third-order valence-electron chi connectivity index (χ3n) is 5.68. The average molecular weight is 683 g/mol. The van der Waals surface area contributed by atoms with E-state index in [1.54, 1.807) is 6.92 Å². The number of unbranched alkanes of at least 4 members (excludes halogenated alkanes) is 3. The highest BCUT2D eigenvalue weighted by Gasteiger charge is 2.18. The van der Waals surface area contributed by atoms with Gasteiger partial charge in [0.1, 0.15) is 6.61 Å². The van der Waals surface area contributed by atoms with Crippen molar-refractivity contribution in [1.29, 1.82) is 0 Å². The summed E-state index contributed by atoms with van der Waals surface area (Å²) in [6.07, 6.45) is 10.3. The van der Waals surface area contributed by atoms with Crippen molar-refractivity contribution in [1.82, 2.24) is 10.6 Å². The summed E-state index contributed by atoms with van der Waals surface area (Å²) >= 11 is 0. The molecule has 5 N–H and O–H groups in total. The zero-order valence-corrected chi connectivity index (χ0v) is 30.5. The molecule has 0 bridgehead atoms. The van der Waals surface area contributed by atoms with Crippen molar-refractivity contribution in [3.05, 3.63) is 61.3 Å². The maximum Gasteiger partial charge on any atom is 0.333 e. The van der Waals surface area contributed by atoms with Gasteiger partial charge in [-0.1, -0.05) is 58.6 Å². The second-order valence-electron chi connectivity index (χ2n) is 12.3. The minimum Gasteiger partial charge on any atom is -0.478 e. The van der Waals surface area contributed by atoms with Crippen LogP contribution in [0, 0.1) is 0 Å². The normalized spacial score (nSPS) is 10.4. The van der Waals surface area contributed by atoms with Gasteiger partial charge in [0.15, 0.2) is 0 Å². The molecule has 0 saturated carbocycles. The smallest absolute Gasteiger partial charge is 0.333 e. The van der Waals surface area contributed by atoms with E-state index in [4.69, 9.17) is 20.1 Å². The Bertz CT molecular complexity index is 1050. The number of carboxylic acids is 2. The first-order chi connectivity index (χ1) is 22.1. The van der Waals surface area contributed by atoms with E-state index in [2.05, 4.69) is 48.6 Å². The van der Waals surface area contributed by atoms with Gasteiger partial charge >= 0.3 is 23.9 Å². The summed E-state index contributed by atoms with van der Waals surface area (Å²) in [7, 11) is 1.33. The number of methoxy groups -OCH3 is 1. The van der Waals surface area contributed by atoms with E-state index in [1.807, 2.05) is 34.6 Å². The monoisotopic (exact) mass is 682 g/mol. The topological polar surface area (TPSA) is 189 Å². The van der Waals surface area contributed by atoms with E-state index < -0.39 is 17.9 Å². The van der Waals surface area contributed by atoms with E-state index in [9.17, 15) is 24.0 Å². The van der Waals surface area contributed by atoms with Gasteiger partial charge in [0.2, 0.25) is 5.91 Å². The first-order valence-electron chi connectivity index (χ1n) is 15.8. The maximum absolute atomic E-state index is 11.4. The number of carbonyl (C=O) groups is 5. The fourth-order valence-electron chi connectivity index (χ4n) is 3.05. The van der Waals surface area contributed by atoms with Crippen molar-refractivity contribution in [2.45, 2.75) is 111 Å². The molecule has 1 amide bonds. The third-order valence-corrected chi connectivity index (χ3v) is 5.68. The number of aliphatic hydroxyl groups excluding tert-OH is 1. The molecule has 0 spiro atoms. The molecule has 0 heterocycles. The molecule has 0 aliphatic carbocycles. The Hall–Kier alpha value is -4.03. The van der Waals surface area contributed by atoms with Crippen LogP contribution in [-0.4, -0.2) is 83.1 Å². The van der Waals surface area contributed by atoms with E-state index in [0.29, 0.717) is 31.4 Å². The molecule has 276 valence electrons. The summed E-state index contributed by atoms with van der Waals surface area (Å²) in [6, 6.07) is 0. The van der Waals surface area contributed by atoms with Crippen LogP contribution in [0.1, 0.15) is 99.8 Å². The molecule has 0 rings (SSSR count). The lowest BCUT2D eigenvalue weighted by Gasteiger charge is -2.25. The van der Waals surface area contributed by atoms with E-state index >= 15 is 0 Å². The second-order valence-corrected chi connectivity index (χ2v) is 12.3. The fourth-order valence-corrected chi connectivity index (χ4v) is 3.05. The summed E-state index contributed by atoms with van der Waals surface area (Å²) in [5.74, 6) is -2.93. The molecule has 0 saturated heterocycles. The van der Waals surface area contributed by atoms with Crippen molar-refractivity contribution in [2.75, 3.05) is 26.9 Å². The van der Waals surface area contributed by atoms with Crippen molar-refractivity contribution < 1.29 is 48.8 Å². The predicted octanol–water partition coefficient (Wildman–Crippen LogP) is 5.68. The van der Waals surface area contributed by atoms with E-state index in [0.717, 1.165) is 12.5 Å². The third kappa shape index (κ3) is 40.0. The highest BCUT2D eigenvalue weighted by molar-refractivity contribution is 5.88. The molecule has 48 heavy (non-hydrogen) atoms. The number of nitrogens with one attached hydrogen (secondary N) is 2. The molecule has 0 unspecified atom stereocenters. The zero-order valence-electron chi connectivity index (χ0n) is 30.5. The Balaban J connectivity index is -0.000000284. The number of rotatable bonds is 19. The molecule has 0 fully saturated rings. The van der Waals surface area contributed by atoms with Gasteiger partial charge in [0.25, 0.3) is 0 Å². The van der Waals surface area contributed by atoms with Gasteiger partial charge < -0.3 is 35.4 Å². The van der Waals surface area contributed by atoms with Crippen LogP contribution in [0.15, 0.2) is 61.3 Å². The Morgan fingerprint density at radius 3 is 1.85 bits per heavy atom. The molecule has 12 nitrogen and oxygen atoms in total. The average Bonchev–Trinajstić information content (AvgIpc) is 2.98. The van der Waals surface area contributed by atoms with Gasteiger partial charge in [0, 0.05) is 47.0 Å². The van der Waals surface area contributed by atoms with Gasteiger partial charge in [-0.25, -0.2) is 19.2 Å². The van der Waals surface area contributed by atoms with Crippen LogP contribution in [0.3, 0.4) is 0 Å². The zero-order chi connectivity index (χ0) is 38.3. The largest absolute Gasteiger partial charge is 0.478 e. The molecule has 0 aromatic heterocycles. The molecule has 0 atom stereocenters. The number of ether oxygens (including phenoxy) is 2. The number of carboxylic acid groups (broad SMARTS) is 2. The Labute approximate surface area is 288 Å². The van der Waals surface area contributed by atoms with E-state index in [1.165, 1.54) is 38.5 Å². The van der Waals surface area contributed by atoms with Crippen LogP contribution in [0.25, 0.3) is 0 Å². The molecule has 0 radical (unpaired) electrons. The summed E-state index contributed by atoms with van der Waals surface area (Å²) < 4.78 is 9.25. The van der Waals surface area contributed by atoms with Gasteiger partial charge in [-0.05, 0) is 79.7 Å². The highest BCUT2D eigenvalue weighted by Crippen LogP contribution is 2.13. The second kappa shape index (κ2) is 30.3. The molecule has 0 aliphatic rings. The number of esters is 2. The number of aliphatic hydroxyl groups is 1. The van der Waals surface area contributed by atoms with Gasteiger partial charge in [-0.2, -0.15) is 0 Å². The molecular formula is C36H62N2O10. The Morgan fingerprint density at radius 1 is 0.875 bits per heavy atom. The van der Waals surface area contributed by atoms with Gasteiger partial charge in [0.05, 0.1) is 7.11 Å². The fraction of sp³-hybridized carbons (Fsp3) is 0.583. The number of amides is 1. The quantitative estimate of drug-likeness (QED) is 0.0641. The van der Waals surface area contributed by atoms with Gasteiger partial charge in [-0.15, -0.1) is 0 Å².